The summed E-state index contributed by atoms with van der Waals surface area (Å²) >= 11 is 0. The molecule has 0 atom stereocenters. The largest absolute Gasteiger partial charge is 0.354 e. The Morgan fingerprint density at radius 2 is 1.33 bits per heavy atom. The molecule has 0 radical (unpaired) electrons. The molecule has 0 spiro atoms. The van der Waals surface area contributed by atoms with Crippen LogP contribution in [0.4, 0.5) is 0 Å². The minimum Gasteiger partial charge on any atom is -0.354 e. The molecule has 30 heavy (non-hydrogen) atoms. The lowest BCUT2D eigenvalue weighted by atomic mass is 10.0. The van der Waals surface area contributed by atoms with E-state index in [9.17, 15) is 22.6 Å². The van der Waals surface area contributed by atoms with E-state index in [2.05, 4.69) is 9.97 Å². The lowest BCUT2D eigenvalue weighted by Gasteiger charge is -2.09. The number of fused-ring (bicyclic) bond motifs is 4. The molecule has 5 rings (SSSR count). The first-order valence-corrected chi connectivity index (χ1v) is 10.6. The Morgan fingerprint density at radius 3 is 2.00 bits per heavy atom. The number of H-pyrrole nitrogens is 2. The highest BCUT2D eigenvalue weighted by molar-refractivity contribution is 7.85. The molecule has 0 bridgehead atoms. The van der Waals surface area contributed by atoms with Gasteiger partial charge in [0.25, 0.3) is 10.1 Å². The second-order valence-corrected chi connectivity index (χ2v) is 8.96. The van der Waals surface area contributed by atoms with Gasteiger partial charge >= 0.3 is 0 Å². The molecule has 0 amide bonds. The molecule has 0 fully saturated rings. The highest BCUT2D eigenvalue weighted by atomic mass is 32.2. The van der Waals surface area contributed by atoms with Gasteiger partial charge in [-0.15, -0.1) is 0 Å². The highest BCUT2D eigenvalue weighted by Crippen LogP contribution is 2.25. The summed E-state index contributed by atoms with van der Waals surface area (Å²) in [5.41, 5.74) is 2.89. The topological polar surface area (TPSA) is 120 Å². The number of pyridine rings is 2. The Kier molecular flexibility index (Phi) is 3.71. The predicted octanol–water partition coefficient (Wildman–Crippen LogP) is 3.54. The van der Waals surface area contributed by atoms with E-state index in [4.69, 9.17) is 0 Å². The SMILES string of the molecule is Cc1ccc2c(=O)c3cc4[nH]c5cc(S(=O)(=O)O)cc(C)c5c(=O)c4cc3[nH]c2c1. The number of aryl methyl sites for hydroxylation is 2. The first kappa shape index (κ1) is 18.5. The lowest BCUT2D eigenvalue weighted by Crippen LogP contribution is -2.10. The van der Waals surface area contributed by atoms with Gasteiger partial charge in [-0.25, -0.2) is 0 Å². The van der Waals surface area contributed by atoms with E-state index < -0.39 is 10.1 Å². The van der Waals surface area contributed by atoms with Crippen LogP contribution in [0.25, 0.3) is 43.6 Å². The van der Waals surface area contributed by atoms with Crippen LogP contribution in [-0.4, -0.2) is 22.9 Å². The highest BCUT2D eigenvalue weighted by Gasteiger charge is 2.16. The van der Waals surface area contributed by atoms with Crippen LogP contribution in [0.1, 0.15) is 11.1 Å². The third kappa shape index (κ3) is 2.65. The van der Waals surface area contributed by atoms with Gasteiger partial charge < -0.3 is 9.97 Å². The predicted molar refractivity (Wildman–Crippen MR) is 117 cm³/mol. The zero-order chi connectivity index (χ0) is 21.4. The van der Waals surface area contributed by atoms with Crippen molar-refractivity contribution in [1.29, 1.82) is 0 Å². The summed E-state index contributed by atoms with van der Waals surface area (Å²) in [5, 5.41) is 1.66. The van der Waals surface area contributed by atoms with Gasteiger partial charge in [0.2, 0.25) is 0 Å². The van der Waals surface area contributed by atoms with E-state index in [0.717, 1.165) is 5.56 Å². The Hall–Kier alpha value is -3.49. The molecule has 3 N–H and O–H groups in total. The maximum absolute atomic E-state index is 13.2. The first-order valence-electron chi connectivity index (χ1n) is 9.18. The molecule has 0 unspecified atom stereocenters. The monoisotopic (exact) mass is 420 g/mol. The number of aromatic nitrogens is 2. The maximum atomic E-state index is 13.2. The van der Waals surface area contributed by atoms with Gasteiger partial charge in [-0.05, 0) is 61.4 Å². The smallest absolute Gasteiger partial charge is 0.294 e. The zero-order valence-electron chi connectivity index (χ0n) is 16.0. The van der Waals surface area contributed by atoms with Crippen LogP contribution in [0, 0.1) is 13.8 Å². The summed E-state index contributed by atoms with van der Waals surface area (Å²) in [6.45, 7) is 3.54. The molecular formula is C22H16N2O5S. The summed E-state index contributed by atoms with van der Waals surface area (Å²) in [4.78, 5) is 32.2. The van der Waals surface area contributed by atoms with Crippen molar-refractivity contribution in [3.8, 4) is 0 Å². The number of benzene rings is 3. The van der Waals surface area contributed by atoms with Gasteiger partial charge in [0, 0.05) is 27.1 Å². The quantitative estimate of drug-likeness (QED) is 0.283. The van der Waals surface area contributed by atoms with Crippen LogP contribution < -0.4 is 10.9 Å². The molecule has 0 saturated heterocycles. The lowest BCUT2D eigenvalue weighted by molar-refractivity contribution is 0.483. The zero-order valence-corrected chi connectivity index (χ0v) is 16.8. The normalized spacial score (nSPS) is 12.4. The van der Waals surface area contributed by atoms with E-state index in [-0.39, 0.29) is 21.3 Å². The number of aromatic amines is 2. The molecular weight excluding hydrogens is 404 g/mol. The number of hydrogen-bond donors (Lipinski definition) is 3. The Balaban J connectivity index is 1.96. The third-order valence-corrected chi connectivity index (χ3v) is 6.27. The number of rotatable bonds is 1. The van der Waals surface area contributed by atoms with Crippen LogP contribution in [0.2, 0.25) is 0 Å². The summed E-state index contributed by atoms with van der Waals surface area (Å²) in [5.74, 6) is 0. The Bertz CT molecular complexity index is 1780. The molecule has 7 nitrogen and oxygen atoms in total. The number of hydrogen-bond acceptors (Lipinski definition) is 4. The van der Waals surface area contributed by atoms with Crippen LogP contribution in [0.3, 0.4) is 0 Å². The molecule has 150 valence electrons. The fraction of sp³-hybridized carbons (Fsp3) is 0.0909. The van der Waals surface area contributed by atoms with Crippen molar-refractivity contribution in [1.82, 2.24) is 9.97 Å². The fourth-order valence-electron chi connectivity index (χ4n) is 4.01. The average molecular weight is 420 g/mol. The van der Waals surface area contributed by atoms with Crippen LogP contribution in [-0.2, 0) is 10.1 Å². The van der Waals surface area contributed by atoms with Gasteiger partial charge in [0.15, 0.2) is 10.9 Å². The Morgan fingerprint density at radius 1 is 0.733 bits per heavy atom. The molecule has 2 aromatic heterocycles. The van der Waals surface area contributed by atoms with E-state index in [1.54, 1.807) is 25.1 Å². The summed E-state index contributed by atoms with van der Waals surface area (Å²) in [6, 6.07) is 11.2. The van der Waals surface area contributed by atoms with Crippen molar-refractivity contribution in [2.24, 2.45) is 0 Å². The average Bonchev–Trinajstić information content (AvgIpc) is 2.66. The van der Waals surface area contributed by atoms with Crippen molar-refractivity contribution in [3.63, 3.8) is 0 Å². The van der Waals surface area contributed by atoms with E-state index in [0.29, 0.717) is 43.7 Å². The molecule has 0 saturated carbocycles. The van der Waals surface area contributed by atoms with E-state index in [1.165, 1.54) is 12.1 Å². The van der Waals surface area contributed by atoms with Crippen molar-refractivity contribution >= 4 is 53.7 Å². The second kappa shape index (κ2) is 6.01. The standard InChI is InChI=1S/C22H16N2O5S/c1-10-3-4-13-16(5-10)23-17-9-15-18(8-14(17)21(13)25)24-19-7-12(30(27,28)29)6-11(2)20(19)22(15)26/h3-9H,1-2H3,(H,23,25)(H,24,26)(H,27,28,29). The molecule has 2 heterocycles. The molecule has 5 aromatic rings. The second-order valence-electron chi connectivity index (χ2n) is 7.54. The summed E-state index contributed by atoms with van der Waals surface area (Å²) in [6.07, 6.45) is 0. The van der Waals surface area contributed by atoms with Gasteiger partial charge in [0.1, 0.15) is 0 Å². The summed E-state index contributed by atoms with van der Waals surface area (Å²) < 4.78 is 32.5. The minimum atomic E-state index is -4.43. The minimum absolute atomic E-state index is 0.163. The van der Waals surface area contributed by atoms with Gasteiger partial charge in [-0.1, -0.05) is 6.07 Å². The fourth-order valence-corrected chi connectivity index (χ4v) is 4.61. The van der Waals surface area contributed by atoms with Crippen LogP contribution in [0.5, 0.6) is 0 Å². The van der Waals surface area contributed by atoms with E-state index in [1.807, 2.05) is 19.1 Å². The van der Waals surface area contributed by atoms with Crippen molar-refractivity contribution in [2.45, 2.75) is 18.7 Å². The van der Waals surface area contributed by atoms with Gasteiger partial charge in [-0.3, -0.25) is 14.1 Å². The van der Waals surface area contributed by atoms with Crippen LogP contribution >= 0.6 is 0 Å². The van der Waals surface area contributed by atoms with Crippen molar-refractivity contribution < 1.29 is 13.0 Å². The number of nitrogens with one attached hydrogen (secondary N) is 2. The molecule has 3 aromatic carbocycles. The van der Waals surface area contributed by atoms with Crippen molar-refractivity contribution in [2.75, 3.05) is 0 Å². The molecule has 0 aliphatic rings. The third-order valence-electron chi connectivity index (χ3n) is 5.44. The van der Waals surface area contributed by atoms with Gasteiger partial charge in [0.05, 0.1) is 21.4 Å². The maximum Gasteiger partial charge on any atom is 0.294 e. The van der Waals surface area contributed by atoms with Gasteiger partial charge in [-0.2, -0.15) is 8.42 Å². The first-order chi connectivity index (χ1) is 14.1. The molecule has 0 aliphatic heterocycles. The molecule has 8 heteroatoms. The summed E-state index contributed by atoms with van der Waals surface area (Å²) in [7, 11) is -4.43. The molecule has 0 aliphatic carbocycles. The van der Waals surface area contributed by atoms with Crippen LogP contribution in [0.15, 0.2) is 56.9 Å². The Labute approximate surface area is 169 Å². The van der Waals surface area contributed by atoms with Crippen molar-refractivity contribution in [3.05, 3.63) is 74.0 Å². The van der Waals surface area contributed by atoms with E-state index >= 15 is 0 Å².